The molecule has 2 aromatic rings. The van der Waals surface area contributed by atoms with E-state index in [2.05, 4.69) is 10.3 Å². The molecule has 2 aliphatic rings. The van der Waals surface area contributed by atoms with Gasteiger partial charge in [-0.15, -0.1) is 0 Å². The average molecular weight is 338 g/mol. The quantitative estimate of drug-likeness (QED) is 0.867. The fraction of sp³-hybridized carbons (Fsp3) is 0.421. The van der Waals surface area contributed by atoms with Crippen LogP contribution in [0.15, 0.2) is 30.5 Å². The Balaban J connectivity index is 1.53. The number of likely N-dealkylation sites (N-methyl/N-ethyl adjacent to an activating group) is 1. The minimum Gasteiger partial charge on any atom is -0.338 e. The first-order valence-electron chi connectivity index (χ1n) is 8.66. The second-order valence-electron chi connectivity index (χ2n) is 7.09. The number of piperidine rings is 1. The third-order valence-corrected chi connectivity index (χ3v) is 5.77. The Morgan fingerprint density at radius 3 is 2.68 bits per heavy atom. The Kier molecular flexibility index (Phi) is 3.63. The van der Waals surface area contributed by atoms with Gasteiger partial charge in [-0.2, -0.15) is 0 Å². The summed E-state index contributed by atoms with van der Waals surface area (Å²) in [7, 11) is 1.85. The first-order chi connectivity index (χ1) is 12.0. The topological polar surface area (TPSA) is 65.5 Å². The van der Waals surface area contributed by atoms with Crippen LogP contribution in [0.5, 0.6) is 0 Å². The van der Waals surface area contributed by atoms with Crippen LogP contribution >= 0.6 is 0 Å². The zero-order valence-electron chi connectivity index (χ0n) is 14.6. The fourth-order valence-corrected chi connectivity index (χ4v) is 3.93. The van der Waals surface area contributed by atoms with Crippen molar-refractivity contribution in [2.75, 3.05) is 26.7 Å². The van der Waals surface area contributed by atoms with Crippen LogP contribution in [0.4, 0.5) is 4.79 Å². The molecule has 2 fully saturated rings. The van der Waals surface area contributed by atoms with E-state index in [4.69, 9.17) is 0 Å². The predicted molar refractivity (Wildman–Crippen MR) is 95.5 cm³/mol. The normalized spacial score (nSPS) is 19.5. The number of hydrogen-bond acceptors (Lipinski definition) is 3. The number of nitrogens with zero attached hydrogens (tertiary/aromatic N) is 3. The molecule has 0 aliphatic carbocycles. The van der Waals surface area contributed by atoms with Gasteiger partial charge in [0, 0.05) is 43.8 Å². The van der Waals surface area contributed by atoms with Crippen molar-refractivity contribution >= 4 is 22.8 Å². The maximum absolute atomic E-state index is 12.9. The van der Waals surface area contributed by atoms with E-state index in [9.17, 15) is 9.59 Å². The maximum Gasteiger partial charge on any atom is 0.317 e. The molecule has 1 aromatic heterocycles. The van der Waals surface area contributed by atoms with Gasteiger partial charge < -0.3 is 15.1 Å². The molecule has 0 radical (unpaired) electrons. The Morgan fingerprint density at radius 1 is 1.24 bits per heavy atom. The van der Waals surface area contributed by atoms with Crippen LogP contribution in [0.3, 0.4) is 0 Å². The second-order valence-corrected chi connectivity index (χ2v) is 7.09. The number of pyridine rings is 1. The van der Waals surface area contributed by atoms with Gasteiger partial charge in [0.15, 0.2) is 0 Å². The molecule has 2 aliphatic heterocycles. The third-order valence-electron chi connectivity index (χ3n) is 5.77. The molecule has 0 unspecified atom stereocenters. The second kappa shape index (κ2) is 5.72. The summed E-state index contributed by atoms with van der Waals surface area (Å²) in [5.74, 6) is 0.0555. The molecule has 3 heterocycles. The highest BCUT2D eigenvalue weighted by atomic mass is 16.2. The van der Waals surface area contributed by atoms with Crippen LogP contribution in [-0.2, 0) is 0 Å². The van der Waals surface area contributed by atoms with Crippen molar-refractivity contribution in [2.24, 2.45) is 0 Å². The SMILES string of the molecule is Cc1ccnc2ccc(C(=O)N3CCC4(CC3)CNC(=O)N4C)cc12. The number of benzene rings is 1. The summed E-state index contributed by atoms with van der Waals surface area (Å²) in [5.41, 5.74) is 2.59. The number of urea groups is 1. The van der Waals surface area contributed by atoms with Crippen molar-refractivity contribution in [3.05, 3.63) is 41.6 Å². The lowest BCUT2D eigenvalue weighted by Crippen LogP contribution is -2.54. The van der Waals surface area contributed by atoms with Crippen LogP contribution in [0.1, 0.15) is 28.8 Å². The Labute approximate surface area is 146 Å². The fourth-order valence-electron chi connectivity index (χ4n) is 3.93. The molecule has 3 amide bonds. The predicted octanol–water partition coefficient (Wildman–Crippen LogP) is 2.17. The molecule has 6 heteroatoms. The Morgan fingerprint density at radius 2 is 2.00 bits per heavy atom. The summed E-state index contributed by atoms with van der Waals surface area (Å²) < 4.78 is 0. The molecule has 1 aromatic carbocycles. The van der Waals surface area contributed by atoms with Crippen molar-refractivity contribution in [3.63, 3.8) is 0 Å². The highest BCUT2D eigenvalue weighted by Gasteiger charge is 2.45. The maximum atomic E-state index is 12.9. The van der Waals surface area contributed by atoms with E-state index >= 15 is 0 Å². The summed E-state index contributed by atoms with van der Waals surface area (Å²) in [5, 5.41) is 3.93. The Bertz CT molecular complexity index is 856. The number of carbonyl (C=O) groups is 2. The van der Waals surface area contributed by atoms with E-state index in [-0.39, 0.29) is 17.5 Å². The summed E-state index contributed by atoms with van der Waals surface area (Å²) >= 11 is 0. The number of hydrogen-bond donors (Lipinski definition) is 1. The summed E-state index contributed by atoms with van der Waals surface area (Å²) in [6, 6.07) is 7.65. The Hall–Kier alpha value is -2.63. The van der Waals surface area contributed by atoms with Gasteiger partial charge in [-0.25, -0.2) is 4.79 Å². The largest absolute Gasteiger partial charge is 0.338 e. The third kappa shape index (κ3) is 2.52. The van der Waals surface area contributed by atoms with Gasteiger partial charge in [0.2, 0.25) is 0 Å². The molecule has 4 rings (SSSR count). The van der Waals surface area contributed by atoms with Crippen molar-refractivity contribution in [1.82, 2.24) is 20.1 Å². The molecule has 0 bridgehead atoms. The molecule has 25 heavy (non-hydrogen) atoms. The van der Waals surface area contributed by atoms with Gasteiger partial charge in [-0.1, -0.05) is 0 Å². The first kappa shape index (κ1) is 15.9. The smallest absolute Gasteiger partial charge is 0.317 e. The van der Waals surface area contributed by atoms with Crippen LogP contribution in [-0.4, -0.2) is 58.9 Å². The van der Waals surface area contributed by atoms with Crippen molar-refractivity contribution in [1.29, 1.82) is 0 Å². The van der Waals surface area contributed by atoms with Crippen LogP contribution in [0.25, 0.3) is 10.9 Å². The number of aryl methyl sites for hydroxylation is 1. The number of nitrogens with one attached hydrogen (secondary N) is 1. The van der Waals surface area contributed by atoms with E-state index in [0.29, 0.717) is 25.2 Å². The summed E-state index contributed by atoms with van der Waals surface area (Å²) in [6.07, 6.45) is 3.40. The molecule has 1 spiro atoms. The lowest BCUT2D eigenvalue weighted by Gasteiger charge is -2.42. The molecule has 130 valence electrons. The van der Waals surface area contributed by atoms with Gasteiger partial charge in [0.1, 0.15) is 0 Å². The van der Waals surface area contributed by atoms with Crippen LogP contribution in [0, 0.1) is 6.92 Å². The van der Waals surface area contributed by atoms with Gasteiger partial charge in [0.05, 0.1) is 11.1 Å². The van der Waals surface area contributed by atoms with E-state index in [1.54, 1.807) is 11.1 Å². The van der Waals surface area contributed by atoms with Crippen LogP contribution in [0.2, 0.25) is 0 Å². The molecule has 1 N–H and O–H groups in total. The standard InChI is InChI=1S/C19H22N4O2/c1-13-5-8-20-16-4-3-14(11-15(13)16)17(24)23-9-6-19(7-10-23)12-21-18(25)22(19)2/h3-5,8,11H,6-7,9-10,12H2,1-2H3,(H,21,25). The highest BCUT2D eigenvalue weighted by molar-refractivity contribution is 5.98. The highest BCUT2D eigenvalue weighted by Crippen LogP contribution is 2.31. The molecule has 0 saturated carbocycles. The lowest BCUT2D eigenvalue weighted by atomic mass is 9.87. The van der Waals surface area contributed by atoms with Gasteiger partial charge in [0.25, 0.3) is 5.91 Å². The molecule has 0 atom stereocenters. The number of rotatable bonds is 1. The zero-order valence-corrected chi connectivity index (χ0v) is 14.6. The minimum atomic E-state index is -0.141. The van der Waals surface area contributed by atoms with E-state index in [0.717, 1.165) is 29.3 Å². The monoisotopic (exact) mass is 338 g/mol. The van der Waals surface area contributed by atoms with E-state index in [1.807, 2.05) is 43.1 Å². The van der Waals surface area contributed by atoms with Crippen molar-refractivity contribution in [3.8, 4) is 0 Å². The number of likely N-dealkylation sites (tertiary alicyclic amines) is 1. The lowest BCUT2D eigenvalue weighted by molar-refractivity contribution is 0.0565. The number of fused-ring (bicyclic) bond motifs is 1. The average Bonchev–Trinajstić information content (AvgIpc) is 2.91. The summed E-state index contributed by atoms with van der Waals surface area (Å²) in [4.78, 5) is 32.7. The molecule has 2 saturated heterocycles. The number of amides is 3. The number of aromatic nitrogens is 1. The summed E-state index contributed by atoms with van der Waals surface area (Å²) in [6.45, 7) is 4.04. The van der Waals surface area contributed by atoms with E-state index < -0.39 is 0 Å². The molecular weight excluding hydrogens is 316 g/mol. The van der Waals surface area contributed by atoms with E-state index in [1.165, 1.54) is 0 Å². The van der Waals surface area contributed by atoms with Crippen LogP contribution < -0.4 is 5.32 Å². The van der Waals surface area contributed by atoms with Crippen molar-refractivity contribution < 1.29 is 9.59 Å². The van der Waals surface area contributed by atoms with Gasteiger partial charge in [-0.05, 0) is 49.6 Å². The number of carbonyl (C=O) groups excluding carboxylic acids is 2. The van der Waals surface area contributed by atoms with Gasteiger partial charge in [-0.3, -0.25) is 9.78 Å². The molecular formula is C19H22N4O2. The first-order valence-corrected chi connectivity index (χ1v) is 8.66. The zero-order chi connectivity index (χ0) is 17.6. The van der Waals surface area contributed by atoms with Crippen molar-refractivity contribution in [2.45, 2.75) is 25.3 Å². The minimum absolute atomic E-state index is 0.0164. The molecule has 6 nitrogen and oxygen atoms in total. The van der Waals surface area contributed by atoms with Gasteiger partial charge >= 0.3 is 6.03 Å².